The Kier molecular flexibility index (Phi) is 4.86. The monoisotopic (exact) mass is 364 g/mol. The second-order valence-electron chi connectivity index (χ2n) is 4.65. The minimum Gasteiger partial charge on any atom is -0.340 e. The third kappa shape index (κ3) is 4.26. The van der Waals surface area contributed by atoms with Crippen molar-refractivity contribution in [2.75, 3.05) is 10.6 Å². The van der Waals surface area contributed by atoms with E-state index in [1.54, 1.807) is 36.5 Å². The lowest BCUT2D eigenvalue weighted by molar-refractivity contribution is 1.17. The second kappa shape index (κ2) is 7.04. The van der Waals surface area contributed by atoms with Crippen molar-refractivity contribution in [3.8, 4) is 0 Å². The predicted octanol–water partition coefficient (Wildman–Crippen LogP) is 5.92. The lowest BCUT2D eigenvalue weighted by atomic mass is 10.3. The van der Waals surface area contributed by atoms with Gasteiger partial charge in [-0.25, -0.2) is 4.98 Å². The Morgan fingerprint density at radius 1 is 0.783 bits per heavy atom. The summed E-state index contributed by atoms with van der Waals surface area (Å²) < 4.78 is 0. The lowest BCUT2D eigenvalue weighted by Crippen LogP contribution is -2.00. The highest BCUT2D eigenvalue weighted by Gasteiger charge is 2.03. The summed E-state index contributed by atoms with van der Waals surface area (Å²) in [4.78, 5) is 8.58. The highest BCUT2D eigenvalue weighted by molar-refractivity contribution is 6.42. The topological polar surface area (TPSA) is 49.8 Å². The Morgan fingerprint density at radius 2 is 1.61 bits per heavy atom. The second-order valence-corrected chi connectivity index (χ2v) is 5.91. The summed E-state index contributed by atoms with van der Waals surface area (Å²) in [5.74, 6) is 1.08. The zero-order valence-electron chi connectivity index (χ0n) is 11.7. The van der Waals surface area contributed by atoms with Crippen molar-refractivity contribution in [1.82, 2.24) is 9.97 Å². The molecule has 4 nitrogen and oxygen atoms in total. The maximum absolute atomic E-state index is 6.00. The van der Waals surface area contributed by atoms with Crippen LogP contribution in [-0.2, 0) is 0 Å². The molecule has 0 saturated heterocycles. The number of nitrogens with zero attached hydrogens (tertiary/aromatic N) is 2. The van der Waals surface area contributed by atoms with E-state index < -0.39 is 0 Å². The fourth-order valence-electron chi connectivity index (χ4n) is 1.91. The average Bonchev–Trinajstić information content (AvgIpc) is 2.51. The molecule has 23 heavy (non-hydrogen) atoms. The molecule has 0 bridgehead atoms. The molecule has 0 spiro atoms. The van der Waals surface area contributed by atoms with Gasteiger partial charge in [0.25, 0.3) is 0 Å². The smallest absolute Gasteiger partial charge is 0.229 e. The van der Waals surface area contributed by atoms with Crippen molar-refractivity contribution >= 4 is 57.9 Å². The van der Waals surface area contributed by atoms with Gasteiger partial charge in [-0.05, 0) is 42.5 Å². The number of anilines is 4. The average molecular weight is 366 g/mol. The van der Waals surface area contributed by atoms with Crippen LogP contribution in [-0.4, -0.2) is 9.97 Å². The van der Waals surface area contributed by atoms with Crippen LogP contribution in [0.1, 0.15) is 0 Å². The van der Waals surface area contributed by atoms with E-state index in [1.807, 2.05) is 18.2 Å². The molecule has 116 valence electrons. The molecule has 0 aliphatic rings. The van der Waals surface area contributed by atoms with E-state index in [9.17, 15) is 0 Å². The Balaban J connectivity index is 1.78. The summed E-state index contributed by atoms with van der Waals surface area (Å²) in [6.07, 6.45) is 1.65. The number of aromatic nitrogens is 2. The van der Waals surface area contributed by atoms with Crippen LogP contribution in [0.2, 0.25) is 15.1 Å². The Hall–Kier alpha value is -2.01. The van der Waals surface area contributed by atoms with Gasteiger partial charge in [-0.2, -0.15) is 4.98 Å². The molecule has 1 heterocycles. The van der Waals surface area contributed by atoms with Gasteiger partial charge in [0.1, 0.15) is 5.82 Å². The summed E-state index contributed by atoms with van der Waals surface area (Å²) in [5.41, 5.74) is 1.59. The van der Waals surface area contributed by atoms with Gasteiger partial charge in [-0.3, -0.25) is 0 Å². The Labute approximate surface area is 148 Å². The zero-order valence-corrected chi connectivity index (χ0v) is 14.0. The molecule has 0 aliphatic heterocycles. The summed E-state index contributed by atoms with van der Waals surface area (Å²) in [6, 6.07) is 14.4. The number of nitrogens with one attached hydrogen (secondary N) is 2. The number of benzene rings is 2. The van der Waals surface area contributed by atoms with Crippen molar-refractivity contribution in [3.05, 3.63) is 69.8 Å². The molecule has 2 aromatic carbocycles. The van der Waals surface area contributed by atoms with Crippen LogP contribution in [0.25, 0.3) is 0 Å². The van der Waals surface area contributed by atoms with Crippen LogP contribution in [0.4, 0.5) is 23.1 Å². The van der Waals surface area contributed by atoms with Gasteiger partial charge >= 0.3 is 0 Å². The first-order valence-corrected chi connectivity index (χ1v) is 7.81. The molecular weight excluding hydrogens is 355 g/mol. The minimum atomic E-state index is 0.456. The highest BCUT2D eigenvalue weighted by atomic mass is 35.5. The van der Waals surface area contributed by atoms with Crippen molar-refractivity contribution in [1.29, 1.82) is 0 Å². The van der Waals surface area contributed by atoms with Crippen molar-refractivity contribution in [3.63, 3.8) is 0 Å². The van der Waals surface area contributed by atoms with Crippen LogP contribution in [0.3, 0.4) is 0 Å². The van der Waals surface area contributed by atoms with Gasteiger partial charge < -0.3 is 10.6 Å². The van der Waals surface area contributed by atoms with Gasteiger partial charge in [-0.15, -0.1) is 0 Å². The summed E-state index contributed by atoms with van der Waals surface area (Å²) in [6.45, 7) is 0. The van der Waals surface area contributed by atoms with E-state index in [-0.39, 0.29) is 0 Å². The molecule has 3 aromatic rings. The molecule has 0 amide bonds. The number of hydrogen-bond acceptors (Lipinski definition) is 4. The van der Waals surface area contributed by atoms with Gasteiger partial charge in [0.2, 0.25) is 5.95 Å². The van der Waals surface area contributed by atoms with Crippen LogP contribution < -0.4 is 10.6 Å². The molecule has 3 rings (SSSR count). The lowest BCUT2D eigenvalue weighted by Gasteiger charge is -2.09. The van der Waals surface area contributed by atoms with E-state index in [1.165, 1.54) is 0 Å². The molecule has 0 aliphatic carbocycles. The molecule has 0 saturated carbocycles. The van der Waals surface area contributed by atoms with E-state index >= 15 is 0 Å². The molecule has 0 radical (unpaired) electrons. The first-order valence-electron chi connectivity index (χ1n) is 6.68. The van der Waals surface area contributed by atoms with E-state index in [4.69, 9.17) is 34.8 Å². The van der Waals surface area contributed by atoms with Gasteiger partial charge in [-0.1, -0.05) is 40.9 Å². The molecular formula is C16H11Cl3N4. The summed E-state index contributed by atoms with van der Waals surface area (Å²) in [5, 5.41) is 7.86. The minimum absolute atomic E-state index is 0.456. The SMILES string of the molecule is Clc1cccc(Nc2nccc(Nc3ccc(Cl)c(Cl)c3)n2)c1. The highest BCUT2D eigenvalue weighted by Crippen LogP contribution is 2.27. The molecule has 7 heteroatoms. The summed E-state index contributed by atoms with van der Waals surface area (Å²) in [7, 11) is 0. The first kappa shape index (κ1) is 15.9. The molecule has 2 N–H and O–H groups in total. The molecule has 0 atom stereocenters. The third-order valence-electron chi connectivity index (χ3n) is 2.93. The van der Waals surface area contributed by atoms with Crippen LogP contribution in [0.15, 0.2) is 54.7 Å². The maximum Gasteiger partial charge on any atom is 0.229 e. The fourth-order valence-corrected chi connectivity index (χ4v) is 2.39. The van der Waals surface area contributed by atoms with Gasteiger partial charge in [0.15, 0.2) is 0 Å². The Bertz CT molecular complexity index is 839. The molecule has 0 fully saturated rings. The number of halogens is 3. The normalized spacial score (nSPS) is 10.4. The first-order chi connectivity index (χ1) is 11.1. The van der Waals surface area contributed by atoms with Crippen molar-refractivity contribution in [2.24, 2.45) is 0 Å². The third-order valence-corrected chi connectivity index (χ3v) is 3.90. The van der Waals surface area contributed by atoms with Crippen molar-refractivity contribution < 1.29 is 0 Å². The van der Waals surface area contributed by atoms with Gasteiger partial charge in [0.05, 0.1) is 10.0 Å². The molecule has 0 unspecified atom stereocenters. The Morgan fingerprint density at radius 3 is 2.39 bits per heavy atom. The van der Waals surface area contributed by atoms with E-state index in [2.05, 4.69) is 20.6 Å². The van der Waals surface area contributed by atoms with E-state index in [0.29, 0.717) is 26.8 Å². The largest absolute Gasteiger partial charge is 0.340 e. The summed E-state index contributed by atoms with van der Waals surface area (Å²) >= 11 is 17.9. The number of hydrogen-bond donors (Lipinski definition) is 2. The van der Waals surface area contributed by atoms with Crippen LogP contribution in [0, 0.1) is 0 Å². The van der Waals surface area contributed by atoms with Crippen LogP contribution in [0.5, 0.6) is 0 Å². The molecule has 1 aromatic heterocycles. The maximum atomic E-state index is 6.00. The van der Waals surface area contributed by atoms with Crippen molar-refractivity contribution in [2.45, 2.75) is 0 Å². The standard InChI is InChI=1S/C16H11Cl3N4/c17-10-2-1-3-11(8-10)22-16-20-7-6-15(23-16)21-12-4-5-13(18)14(19)9-12/h1-9H,(H2,20,21,22,23). The van der Waals surface area contributed by atoms with Crippen LogP contribution >= 0.6 is 34.8 Å². The predicted molar refractivity (Wildman–Crippen MR) is 96.5 cm³/mol. The van der Waals surface area contributed by atoms with E-state index in [0.717, 1.165) is 11.4 Å². The van der Waals surface area contributed by atoms with Gasteiger partial charge in [0, 0.05) is 22.6 Å². The number of rotatable bonds is 4. The zero-order chi connectivity index (χ0) is 16.2. The fraction of sp³-hybridized carbons (Fsp3) is 0. The quantitative estimate of drug-likeness (QED) is 0.602.